The number of amides is 3. The highest BCUT2D eigenvalue weighted by Gasteiger charge is 2.33. The van der Waals surface area contributed by atoms with E-state index in [9.17, 15) is 19.2 Å². The zero-order chi connectivity index (χ0) is 34.3. The number of aromatic nitrogens is 4. The number of rotatable bonds is 11. The third-order valence-corrected chi connectivity index (χ3v) is 9.14. The quantitative estimate of drug-likeness (QED) is 0.171. The predicted molar refractivity (Wildman–Crippen MR) is 180 cm³/mol. The highest BCUT2D eigenvalue weighted by atomic mass is 16.5. The summed E-state index contributed by atoms with van der Waals surface area (Å²) in [5.74, 6) is 1.38. The Kier molecular flexibility index (Phi) is 10.3. The number of H-pyrrole nitrogens is 2. The average molecular weight is 669 g/mol. The summed E-state index contributed by atoms with van der Waals surface area (Å²) in [6, 6.07) is 15.7. The largest absolute Gasteiger partial charge is 0.453 e. The zero-order valence-corrected chi connectivity index (χ0v) is 27.5. The van der Waals surface area contributed by atoms with Crippen LogP contribution < -0.4 is 10.6 Å². The number of carbonyl (C=O) groups is 4. The van der Waals surface area contributed by atoms with Gasteiger partial charge in [-0.3, -0.25) is 9.69 Å². The molecule has 2 aromatic heterocycles. The Morgan fingerprint density at radius 3 is 1.92 bits per heavy atom. The molecule has 14 nitrogen and oxygen atoms in total. The van der Waals surface area contributed by atoms with Gasteiger partial charge in [0.15, 0.2) is 0 Å². The first kappa shape index (κ1) is 33.4. The standard InChI is InChI=1S/C35H40N8O6/c1-48-34(46)38-19-31(45)43-16-4-6-30(43)33-37-18-28(41-33)25-13-9-23(10-14-25)22-7-11-24(12-8-22)27-17-36-32(40-27)29-5-3-15-42(29)20-26(21-44)39-35(47)49-2/h7-14,17-18,21,26,29-30H,3-6,15-16,19-20H2,1-2H3,(H,36,40)(H,37,41)(H,38,46)(H,39,47)/t26?,29-,30-/m0/s1. The van der Waals surface area contributed by atoms with E-state index in [1.54, 1.807) is 11.1 Å². The molecule has 2 aromatic carbocycles. The van der Waals surface area contributed by atoms with Crippen LogP contribution in [0.25, 0.3) is 33.6 Å². The van der Waals surface area contributed by atoms with Gasteiger partial charge >= 0.3 is 12.2 Å². The summed E-state index contributed by atoms with van der Waals surface area (Å²) in [4.78, 5) is 67.3. The van der Waals surface area contributed by atoms with Crippen LogP contribution in [0.2, 0.25) is 0 Å². The monoisotopic (exact) mass is 668 g/mol. The number of hydrogen-bond acceptors (Lipinski definition) is 9. The molecule has 0 radical (unpaired) electrons. The SMILES string of the molecule is COC(=O)NCC(=O)N1CCC[C@H]1c1ncc(-c2ccc(-c3ccc(-c4cnc([C@@H]5CCCN5CC(C=O)NC(=O)OC)[nH]4)cc3)cc2)[nH]1. The molecule has 1 unspecified atom stereocenters. The number of aromatic amines is 2. The lowest BCUT2D eigenvalue weighted by Gasteiger charge is -2.25. The summed E-state index contributed by atoms with van der Waals surface area (Å²) in [6.07, 6.45) is 6.61. The second-order valence-corrected chi connectivity index (χ2v) is 12.1. The van der Waals surface area contributed by atoms with Crippen molar-refractivity contribution in [3.05, 3.63) is 72.6 Å². The number of nitrogens with one attached hydrogen (secondary N) is 4. The number of methoxy groups -OCH3 is 2. The van der Waals surface area contributed by atoms with E-state index in [1.807, 2.05) is 18.3 Å². The molecule has 2 saturated heterocycles. The molecule has 4 aromatic rings. The van der Waals surface area contributed by atoms with Gasteiger partial charge in [0.2, 0.25) is 5.91 Å². The molecule has 2 fully saturated rings. The van der Waals surface area contributed by atoms with E-state index in [1.165, 1.54) is 14.2 Å². The van der Waals surface area contributed by atoms with Gasteiger partial charge in [-0.25, -0.2) is 19.6 Å². The zero-order valence-electron chi connectivity index (χ0n) is 27.5. The van der Waals surface area contributed by atoms with Gasteiger partial charge in [-0.05, 0) is 54.5 Å². The fourth-order valence-electron chi connectivity index (χ4n) is 6.60. The second kappa shape index (κ2) is 15.2. The number of likely N-dealkylation sites (tertiary alicyclic amines) is 2. The topological polar surface area (TPSA) is 175 Å². The smallest absolute Gasteiger partial charge is 0.407 e. The summed E-state index contributed by atoms with van der Waals surface area (Å²) in [5, 5.41) is 5.03. The average Bonchev–Trinajstić information content (AvgIpc) is 3.97. The molecule has 4 N–H and O–H groups in total. The number of nitrogens with zero attached hydrogens (tertiary/aromatic N) is 4. The number of hydrogen-bond donors (Lipinski definition) is 4. The number of carbonyl (C=O) groups excluding carboxylic acids is 4. The molecule has 6 rings (SSSR count). The Morgan fingerprint density at radius 2 is 1.35 bits per heavy atom. The molecule has 14 heteroatoms. The number of imidazole rings is 2. The molecule has 0 saturated carbocycles. The van der Waals surface area contributed by atoms with E-state index in [-0.39, 0.29) is 24.5 Å². The summed E-state index contributed by atoms with van der Waals surface area (Å²) < 4.78 is 9.20. The fourth-order valence-corrected chi connectivity index (χ4v) is 6.60. The number of aldehydes is 1. The Bertz CT molecular complexity index is 1770. The molecule has 3 atom stereocenters. The van der Waals surface area contributed by atoms with Crippen molar-refractivity contribution < 1.29 is 28.7 Å². The first-order chi connectivity index (χ1) is 23.9. The Balaban J connectivity index is 1.08. The van der Waals surface area contributed by atoms with E-state index in [0.29, 0.717) is 13.1 Å². The van der Waals surface area contributed by atoms with Crippen molar-refractivity contribution in [2.45, 2.75) is 43.8 Å². The van der Waals surface area contributed by atoms with Crippen molar-refractivity contribution in [3.8, 4) is 33.6 Å². The second-order valence-electron chi connectivity index (χ2n) is 12.1. The number of alkyl carbamates (subject to hydrolysis) is 2. The number of ether oxygens (including phenoxy) is 2. The Hall–Kier alpha value is -5.50. The van der Waals surface area contributed by atoms with Gasteiger partial charge in [0.1, 0.15) is 30.5 Å². The lowest BCUT2D eigenvalue weighted by Crippen LogP contribution is -2.44. The van der Waals surface area contributed by atoms with E-state index in [0.717, 1.165) is 83.8 Å². The minimum atomic E-state index is -0.662. The van der Waals surface area contributed by atoms with Crippen molar-refractivity contribution in [1.82, 2.24) is 40.4 Å². The highest BCUT2D eigenvalue weighted by Crippen LogP contribution is 2.34. The van der Waals surface area contributed by atoms with Gasteiger partial charge in [-0.1, -0.05) is 48.5 Å². The maximum absolute atomic E-state index is 12.7. The van der Waals surface area contributed by atoms with Crippen molar-refractivity contribution in [2.24, 2.45) is 0 Å². The third kappa shape index (κ3) is 7.64. The highest BCUT2D eigenvalue weighted by molar-refractivity contribution is 5.82. The third-order valence-electron chi connectivity index (χ3n) is 9.14. The number of benzene rings is 2. The molecule has 256 valence electrons. The normalized spacial score (nSPS) is 18.2. The summed E-state index contributed by atoms with van der Waals surface area (Å²) in [7, 11) is 2.54. The van der Waals surface area contributed by atoms with Crippen LogP contribution in [0.1, 0.15) is 49.4 Å². The van der Waals surface area contributed by atoms with Gasteiger partial charge in [0.25, 0.3) is 0 Å². The molecule has 0 bridgehead atoms. The van der Waals surface area contributed by atoms with Crippen molar-refractivity contribution >= 4 is 24.4 Å². The molecular formula is C35H40N8O6. The Morgan fingerprint density at radius 1 is 0.816 bits per heavy atom. The van der Waals surface area contributed by atoms with Crippen LogP contribution in [0.5, 0.6) is 0 Å². The predicted octanol–water partition coefficient (Wildman–Crippen LogP) is 4.21. The van der Waals surface area contributed by atoms with Gasteiger partial charge in [-0.2, -0.15) is 0 Å². The molecule has 2 aliphatic heterocycles. The van der Waals surface area contributed by atoms with Gasteiger partial charge in [0, 0.05) is 13.1 Å². The molecule has 0 spiro atoms. The Labute approximate surface area is 283 Å². The van der Waals surface area contributed by atoms with Gasteiger partial charge < -0.3 is 39.8 Å². The molecule has 0 aliphatic carbocycles. The van der Waals surface area contributed by atoms with Crippen LogP contribution in [0.3, 0.4) is 0 Å². The molecular weight excluding hydrogens is 628 g/mol. The van der Waals surface area contributed by atoms with Crippen LogP contribution in [-0.4, -0.2) is 101 Å². The van der Waals surface area contributed by atoms with Gasteiger partial charge in [-0.15, -0.1) is 0 Å². The summed E-state index contributed by atoms with van der Waals surface area (Å²) in [6.45, 7) is 1.67. The fraction of sp³-hybridized carbons (Fsp3) is 0.371. The van der Waals surface area contributed by atoms with Gasteiger partial charge in [0.05, 0.1) is 50.1 Å². The molecule has 4 heterocycles. The van der Waals surface area contributed by atoms with Crippen LogP contribution in [0.4, 0.5) is 9.59 Å². The van der Waals surface area contributed by atoms with E-state index < -0.39 is 18.2 Å². The summed E-state index contributed by atoms with van der Waals surface area (Å²) >= 11 is 0. The minimum absolute atomic E-state index is 0.0225. The van der Waals surface area contributed by atoms with E-state index >= 15 is 0 Å². The maximum atomic E-state index is 12.7. The lowest BCUT2D eigenvalue weighted by atomic mass is 10.0. The molecule has 2 aliphatic rings. The van der Waals surface area contributed by atoms with Crippen LogP contribution in [0, 0.1) is 0 Å². The first-order valence-electron chi connectivity index (χ1n) is 16.3. The van der Waals surface area contributed by atoms with Crippen LogP contribution in [-0.2, 0) is 19.1 Å². The molecule has 3 amide bonds. The summed E-state index contributed by atoms with van der Waals surface area (Å²) in [5.41, 5.74) is 5.89. The van der Waals surface area contributed by atoms with Crippen molar-refractivity contribution in [2.75, 3.05) is 40.4 Å². The molecule has 49 heavy (non-hydrogen) atoms. The van der Waals surface area contributed by atoms with Crippen LogP contribution >= 0.6 is 0 Å². The minimum Gasteiger partial charge on any atom is -0.453 e. The van der Waals surface area contributed by atoms with Crippen LogP contribution in [0.15, 0.2) is 60.9 Å². The first-order valence-corrected chi connectivity index (χ1v) is 16.3. The van der Waals surface area contributed by atoms with E-state index in [2.05, 4.69) is 81.3 Å². The van der Waals surface area contributed by atoms with Crippen molar-refractivity contribution in [1.29, 1.82) is 0 Å². The van der Waals surface area contributed by atoms with E-state index in [4.69, 9.17) is 0 Å². The maximum Gasteiger partial charge on any atom is 0.407 e. The van der Waals surface area contributed by atoms with Crippen molar-refractivity contribution in [3.63, 3.8) is 0 Å². The lowest BCUT2D eigenvalue weighted by molar-refractivity contribution is -0.131.